The average molecular weight is 411 g/mol. The van der Waals surface area contributed by atoms with Gasteiger partial charge in [-0.2, -0.15) is 19.1 Å². The van der Waals surface area contributed by atoms with Crippen LogP contribution in [0.3, 0.4) is 0 Å². The van der Waals surface area contributed by atoms with Crippen molar-refractivity contribution in [3.63, 3.8) is 0 Å². The zero-order chi connectivity index (χ0) is 22.3. The summed E-state index contributed by atoms with van der Waals surface area (Å²) < 4.78 is 36.1. The summed E-state index contributed by atoms with van der Waals surface area (Å²) in [5, 5.41) is 14.6. The molecule has 1 aromatic heterocycles. The molecule has 0 aliphatic heterocycles. The number of alkyl halides is 2. The van der Waals surface area contributed by atoms with E-state index in [0.29, 0.717) is 22.2 Å². The molecular formula is C23H23F2N3O2. The van der Waals surface area contributed by atoms with Crippen molar-refractivity contribution in [1.29, 1.82) is 5.26 Å². The Kier molecular flexibility index (Phi) is 5.38. The van der Waals surface area contributed by atoms with Crippen LogP contribution in [0, 0.1) is 25.2 Å². The second-order valence-electron chi connectivity index (χ2n) is 8.26. The number of hydrogen-bond acceptors (Lipinski definition) is 4. The number of carbonyl (C=O) groups is 1. The molecule has 5 nitrogen and oxygen atoms in total. The van der Waals surface area contributed by atoms with Gasteiger partial charge in [0.15, 0.2) is 0 Å². The van der Waals surface area contributed by atoms with Crippen molar-refractivity contribution < 1.29 is 18.3 Å². The van der Waals surface area contributed by atoms with E-state index < -0.39 is 23.1 Å². The molecule has 3 rings (SSSR count). The molecule has 0 saturated carbocycles. The van der Waals surface area contributed by atoms with Crippen LogP contribution in [0.4, 0.5) is 8.78 Å². The monoisotopic (exact) mass is 411 g/mol. The molecule has 0 spiro atoms. The van der Waals surface area contributed by atoms with Crippen molar-refractivity contribution in [1.82, 2.24) is 9.78 Å². The van der Waals surface area contributed by atoms with Crippen molar-refractivity contribution in [3.8, 4) is 6.07 Å². The minimum Gasteiger partial charge on any atom is -0.455 e. The van der Waals surface area contributed by atoms with Gasteiger partial charge in [0, 0.05) is 10.9 Å². The molecule has 0 aliphatic rings. The zero-order valence-corrected chi connectivity index (χ0v) is 17.6. The van der Waals surface area contributed by atoms with Gasteiger partial charge in [0.25, 0.3) is 0 Å². The fourth-order valence-electron chi connectivity index (χ4n) is 3.28. The van der Waals surface area contributed by atoms with E-state index in [1.54, 1.807) is 23.7 Å². The highest BCUT2D eigenvalue weighted by atomic mass is 19.3. The minimum absolute atomic E-state index is 0.251. The fraction of sp³-hybridized carbons (Fsp3) is 0.348. The van der Waals surface area contributed by atoms with Crippen LogP contribution in [0.5, 0.6) is 0 Å². The van der Waals surface area contributed by atoms with Gasteiger partial charge in [0.05, 0.1) is 29.4 Å². The van der Waals surface area contributed by atoms with Crippen molar-refractivity contribution in [2.75, 3.05) is 0 Å². The third-order valence-electron chi connectivity index (χ3n) is 4.79. The van der Waals surface area contributed by atoms with E-state index >= 15 is 0 Å². The second kappa shape index (κ2) is 7.52. The first kappa shape index (κ1) is 21.4. The number of esters is 1. The second-order valence-corrected chi connectivity index (χ2v) is 8.26. The normalized spacial score (nSPS) is 12.1. The van der Waals surface area contributed by atoms with E-state index in [-0.39, 0.29) is 6.54 Å². The zero-order valence-electron chi connectivity index (χ0n) is 17.6. The van der Waals surface area contributed by atoms with E-state index in [9.17, 15) is 18.8 Å². The van der Waals surface area contributed by atoms with E-state index in [1.807, 2.05) is 13.0 Å². The molecule has 1 heterocycles. The number of fused-ring (bicyclic) bond motifs is 1. The van der Waals surface area contributed by atoms with Gasteiger partial charge in [-0.3, -0.25) is 4.68 Å². The molecule has 0 atom stereocenters. The first-order valence-electron chi connectivity index (χ1n) is 9.51. The Bertz CT molecular complexity index is 1170. The Labute approximate surface area is 173 Å². The van der Waals surface area contributed by atoms with Gasteiger partial charge in [-0.1, -0.05) is 24.3 Å². The molecule has 7 heteroatoms. The van der Waals surface area contributed by atoms with E-state index in [1.165, 1.54) is 39.0 Å². The van der Waals surface area contributed by atoms with E-state index in [0.717, 1.165) is 11.1 Å². The van der Waals surface area contributed by atoms with Crippen molar-refractivity contribution in [3.05, 3.63) is 64.3 Å². The summed E-state index contributed by atoms with van der Waals surface area (Å²) in [4.78, 5) is 12.1. The smallest absolute Gasteiger partial charge is 0.382 e. The summed E-state index contributed by atoms with van der Waals surface area (Å²) in [6.45, 7) is 8.54. The molecule has 0 saturated heterocycles. The topological polar surface area (TPSA) is 67.9 Å². The highest BCUT2D eigenvalue weighted by molar-refractivity contribution is 5.86. The first-order valence-corrected chi connectivity index (χ1v) is 9.51. The van der Waals surface area contributed by atoms with Crippen LogP contribution in [0.2, 0.25) is 0 Å². The van der Waals surface area contributed by atoms with Crippen LogP contribution < -0.4 is 0 Å². The van der Waals surface area contributed by atoms with E-state index in [2.05, 4.69) is 11.2 Å². The Hall–Kier alpha value is -3.27. The maximum atomic E-state index is 14.8. The maximum absolute atomic E-state index is 14.8. The van der Waals surface area contributed by atoms with Gasteiger partial charge >= 0.3 is 11.9 Å². The van der Waals surface area contributed by atoms with Crippen LogP contribution in [0.15, 0.2) is 36.4 Å². The Morgan fingerprint density at radius 3 is 2.53 bits per heavy atom. The SMILES string of the molecule is Cc1cccc(C#N)c1Cn1nc(C)c2ccc(C(F)(F)C(=O)OC(C)(C)C)cc21. The number of aryl methyl sites for hydroxylation is 2. The standard InChI is InChI=1S/C23H23F2N3O2/c1-14-7-6-8-16(12-26)19(14)13-28-20-11-17(9-10-18(20)15(2)27-28)23(24,25)21(29)30-22(3,4)5/h6-11H,13H2,1-5H3. The number of hydrogen-bond donors (Lipinski definition) is 0. The van der Waals surface area contributed by atoms with Gasteiger partial charge in [0.1, 0.15) is 5.60 Å². The van der Waals surface area contributed by atoms with Gasteiger partial charge in [0.2, 0.25) is 0 Å². The third kappa shape index (κ3) is 4.04. The van der Waals surface area contributed by atoms with Gasteiger partial charge in [-0.15, -0.1) is 0 Å². The number of rotatable bonds is 4. The molecule has 0 radical (unpaired) electrons. The molecule has 0 aliphatic carbocycles. The van der Waals surface area contributed by atoms with Crippen LogP contribution >= 0.6 is 0 Å². The number of nitriles is 1. The molecule has 0 bridgehead atoms. The van der Waals surface area contributed by atoms with E-state index in [4.69, 9.17) is 4.74 Å². The summed E-state index contributed by atoms with van der Waals surface area (Å²) in [5.74, 6) is -5.40. The van der Waals surface area contributed by atoms with Crippen LogP contribution in [-0.2, 0) is 22.0 Å². The Balaban J connectivity index is 2.08. The molecule has 30 heavy (non-hydrogen) atoms. The molecule has 156 valence electrons. The highest BCUT2D eigenvalue weighted by Crippen LogP contribution is 2.34. The molecule has 0 N–H and O–H groups in total. The summed E-state index contributed by atoms with van der Waals surface area (Å²) in [6, 6.07) is 11.6. The highest BCUT2D eigenvalue weighted by Gasteiger charge is 2.44. The lowest BCUT2D eigenvalue weighted by atomic mass is 10.0. The predicted octanol–water partition coefficient (Wildman–Crippen LogP) is 5.01. The molecule has 0 fully saturated rings. The number of halogens is 2. The molecule has 2 aromatic carbocycles. The van der Waals surface area contributed by atoms with Crippen molar-refractivity contribution in [2.45, 2.75) is 52.7 Å². The number of benzene rings is 2. The van der Waals surface area contributed by atoms with Gasteiger partial charge in [-0.25, -0.2) is 4.79 Å². The lowest BCUT2D eigenvalue weighted by Crippen LogP contribution is -2.34. The number of carbonyl (C=O) groups excluding carboxylic acids is 1. The number of nitrogens with zero attached hydrogens (tertiary/aromatic N) is 3. The largest absolute Gasteiger partial charge is 0.455 e. The minimum atomic E-state index is -3.80. The molecule has 0 unspecified atom stereocenters. The molecule has 0 amide bonds. The maximum Gasteiger partial charge on any atom is 0.382 e. The summed E-state index contributed by atoms with van der Waals surface area (Å²) >= 11 is 0. The quantitative estimate of drug-likeness (QED) is 0.566. The van der Waals surface area contributed by atoms with Crippen molar-refractivity contribution in [2.24, 2.45) is 0 Å². The predicted molar refractivity (Wildman–Crippen MR) is 109 cm³/mol. The average Bonchev–Trinajstić information content (AvgIpc) is 2.97. The Morgan fingerprint density at radius 1 is 1.20 bits per heavy atom. The van der Waals surface area contributed by atoms with Gasteiger partial charge < -0.3 is 4.74 Å². The number of ether oxygens (including phenoxy) is 1. The summed E-state index contributed by atoms with van der Waals surface area (Å²) in [6.07, 6.45) is 0. The molecule has 3 aromatic rings. The Morgan fingerprint density at radius 2 is 1.90 bits per heavy atom. The lowest BCUT2D eigenvalue weighted by Gasteiger charge is -2.23. The third-order valence-corrected chi connectivity index (χ3v) is 4.79. The molecular weight excluding hydrogens is 388 g/mol. The van der Waals surface area contributed by atoms with Crippen molar-refractivity contribution >= 4 is 16.9 Å². The summed E-state index contributed by atoms with van der Waals surface area (Å²) in [7, 11) is 0. The number of aromatic nitrogens is 2. The lowest BCUT2D eigenvalue weighted by molar-refractivity contribution is -0.185. The van der Waals surface area contributed by atoms with Crippen LogP contribution in [0.25, 0.3) is 10.9 Å². The first-order chi connectivity index (χ1) is 13.9. The van der Waals surface area contributed by atoms with Crippen LogP contribution in [-0.4, -0.2) is 21.4 Å². The van der Waals surface area contributed by atoms with Gasteiger partial charge in [-0.05, 0) is 57.9 Å². The summed E-state index contributed by atoms with van der Waals surface area (Å²) in [5.41, 5.74) is 1.83. The van der Waals surface area contributed by atoms with Crippen LogP contribution in [0.1, 0.15) is 48.7 Å². The fourth-order valence-corrected chi connectivity index (χ4v) is 3.28.